The zero-order valence-corrected chi connectivity index (χ0v) is 22.9. The lowest BCUT2D eigenvalue weighted by molar-refractivity contribution is 0.0808. The minimum Gasteiger partial charge on any atom is -0.361 e. The lowest BCUT2D eigenvalue weighted by Gasteiger charge is -2.25. The van der Waals surface area contributed by atoms with Gasteiger partial charge in [0.05, 0.1) is 0 Å². The zero-order valence-electron chi connectivity index (χ0n) is 21.9. The molecule has 2 aliphatic rings. The van der Waals surface area contributed by atoms with E-state index in [1.807, 2.05) is 6.07 Å². The van der Waals surface area contributed by atoms with Crippen LogP contribution in [-0.4, -0.2) is 43.2 Å². The van der Waals surface area contributed by atoms with Gasteiger partial charge in [-0.05, 0) is 86.8 Å². The molecule has 1 saturated heterocycles. The van der Waals surface area contributed by atoms with Gasteiger partial charge in [-0.2, -0.15) is 5.26 Å². The third-order valence-corrected chi connectivity index (χ3v) is 8.76. The summed E-state index contributed by atoms with van der Waals surface area (Å²) >= 11 is 0. The summed E-state index contributed by atoms with van der Waals surface area (Å²) in [7, 11) is -1.21. The Morgan fingerprint density at radius 1 is 1.28 bits per heavy atom. The highest BCUT2D eigenvalue weighted by atomic mass is 28.3. The van der Waals surface area contributed by atoms with Gasteiger partial charge in [-0.1, -0.05) is 31.8 Å². The lowest BCUT2D eigenvalue weighted by atomic mass is 9.86. The Morgan fingerprint density at radius 3 is 2.78 bits per heavy atom. The molecule has 1 aromatic heterocycles. The largest absolute Gasteiger partial charge is 0.361 e. The highest BCUT2D eigenvalue weighted by Crippen LogP contribution is 2.36. The summed E-state index contributed by atoms with van der Waals surface area (Å²) in [4.78, 5) is 17.7. The summed E-state index contributed by atoms with van der Waals surface area (Å²) in [5.74, 6) is 0.424. The second-order valence-corrected chi connectivity index (χ2v) is 16.8. The number of imidazole rings is 1. The van der Waals surface area contributed by atoms with Crippen molar-refractivity contribution in [1.82, 2.24) is 14.9 Å². The minimum atomic E-state index is -1.21. The Kier molecular flexibility index (Phi) is 8.78. The predicted octanol–water partition coefficient (Wildman–Crippen LogP) is 5.74. The SMILES string of the molecule is C[Si](C)(C)CCOCn1cc(C#N)nc1C(=O)Nc1ccc(C2CCNCC2)cc1C1=CCCCC1. The molecule has 0 spiro atoms. The molecule has 2 heterocycles. The number of allylic oxidation sites excluding steroid dienone is 2. The Balaban J connectivity index is 1.56. The molecule has 192 valence electrons. The van der Waals surface area contributed by atoms with Crippen LogP contribution < -0.4 is 10.6 Å². The molecule has 2 aromatic rings. The Morgan fingerprint density at radius 2 is 2.08 bits per heavy atom. The van der Waals surface area contributed by atoms with Crippen LogP contribution in [0.1, 0.15) is 71.9 Å². The number of carbonyl (C=O) groups excluding carboxylic acids is 1. The number of carbonyl (C=O) groups is 1. The van der Waals surface area contributed by atoms with E-state index in [4.69, 9.17) is 4.74 Å². The summed E-state index contributed by atoms with van der Waals surface area (Å²) in [6.07, 6.45) is 10.7. The third kappa shape index (κ3) is 6.93. The van der Waals surface area contributed by atoms with Crippen LogP contribution in [0.2, 0.25) is 25.7 Å². The molecular weight excluding hydrogens is 466 g/mol. The number of piperidine rings is 1. The molecular formula is C28H39N5O2Si. The molecule has 7 nitrogen and oxygen atoms in total. The van der Waals surface area contributed by atoms with E-state index in [1.54, 1.807) is 10.8 Å². The molecule has 36 heavy (non-hydrogen) atoms. The van der Waals surface area contributed by atoms with Crippen molar-refractivity contribution in [2.75, 3.05) is 25.0 Å². The van der Waals surface area contributed by atoms with E-state index in [2.05, 4.69) is 59.5 Å². The van der Waals surface area contributed by atoms with Gasteiger partial charge >= 0.3 is 0 Å². The van der Waals surface area contributed by atoms with E-state index < -0.39 is 8.07 Å². The number of benzene rings is 1. The number of amides is 1. The average Bonchev–Trinajstić information content (AvgIpc) is 3.31. The van der Waals surface area contributed by atoms with Crippen molar-refractivity contribution in [1.29, 1.82) is 5.26 Å². The molecule has 8 heteroatoms. The Labute approximate surface area is 216 Å². The Bertz CT molecular complexity index is 1140. The molecule has 4 rings (SSSR count). The van der Waals surface area contributed by atoms with Gasteiger partial charge in [-0.3, -0.25) is 4.79 Å². The van der Waals surface area contributed by atoms with Crippen LogP contribution in [0, 0.1) is 11.3 Å². The van der Waals surface area contributed by atoms with E-state index in [0.717, 1.165) is 56.1 Å². The van der Waals surface area contributed by atoms with Crippen molar-refractivity contribution >= 4 is 25.2 Å². The monoisotopic (exact) mass is 505 g/mol. The van der Waals surface area contributed by atoms with Gasteiger partial charge in [0.25, 0.3) is 5.91 Å². The summed E-state index contributed by atoms with van der Waals surface area (Å²) in [5.41, 5.74) is 4.79. The van der Waals surface area contributed by atoms with Crippen LogP contribution in [0.15, 0.2) is 30.5 Å². The van der Waals surface area contributed by atoms with Crippen molar-refractivity contribution in [2.45, 2.75) is 76.9 Å². The predicted molar refractivity (Wildman–Crippen MR) is 147 cm³/mol. The van der Waals surface area contributed by atoms with Gasteiger partial charge in [0.2, 0.25) is 5.82 Å². The number of aromatic nitrogens is 2. The van der Waals surface area contributed by atoms with Crippen molar-refractivity contribution in [3.63, 3.8) is 0 Å². The second kappa shape index (κ2) is 12.0. The van der Waals surface area contributed by atoms with Gasteiger partial charge in [-0.25, -0.2) is 4.98 Å². The standard InChI is InChI=1S/C28H39N5O2Si/c1-36(2,3)16-15-35-20-33-19-24(18-29)31-27(33)28(34)32-26-10-9-23(21-11-13-30-14-12-21)17-25(26)22-7-5-4-6-8-22/h7,9-10,17,19,21,30H,4-6,8,11-16,20H2,1-3H3,(H,32,34). The fourth-order valence-electron chi connectivity index (χ4n) is 4.90. The summed E-state index contributed by atoms with van der Waals surface area (Å²) in [6, 6.07) is 9.58. The van der Waals surface area contributed by atoms with E-state index in [9.17, 15) is 10.1 Å². The number of hydrogen-bond acceptors (Lipinski definition) is 5. The quantitative estimate of drug-likeness (QED) is 0.335. The maximum atomic E-state index is 13.4. The summed E-state index contributed by atoms with van der Waals surface area (Å²) in [6.45, 7) is 9.83. The van der Waals surface area contributed by atoms with Crippen molar-refractivity contribution in [3.05, 3.63) is 53.1 Å². The smallest absolute Gasteiger partial charge is 0.291 e. The van der Waals surface area contributed by atoms with Crippen molar-refractivity contribution < 1.29 is 9.53 Å². The Hall–Kier alpha value is -2.73. The van der Waals surface area contributed by atoms with Crippen LogP contribution in [-0.2, 0) is 11.5 Å². The number of anilines is 1. The number of nitrogens with one attached hydrogen (secondary N) is 2. The third-order valence-electron chi connectivity index (χ3n) is 7.06. The highest BCUT2D eigenvalue weighted by molar-refractivity contribution is 6.76. The first-order chi connectivity index (χ1) is 17.3. The maximum Gasteiger partial charge on any atom is 0.291 e. The molecule has 1 aliphatic heterocycles. The first-order valence-electron chi connectivity index (χ1n) is 13.2. The number of nitriles is 1. The van der Waals surface area contributed by atoms with Crippen LogP contribution in [0.3, 0.4) is 0 Å². The van der Waals surface area contributed by atoms with Crippen LogP contribution >= 0.6 is 0 Å². The molecule has 0 radical (unpaired) electrons. The number of nitrogens with zero attached hydrogens (tertiary/aromatic N) is 3. The number of ether oxygens (including phenoxy) is 1. The molecule has 1 amide bonds. The van der Waals surface area contributed by atoms with E-state index in [-0.39, 0.29) is 24.2 Å². The lowest BCUT2D eigenvalue weighted by Crippen LogP contribution is -2.26. The summed E-state index contributed by atoms with van der Waals surface area (Å²) in [5, 5.41) is 15.9. The minimum absolute atomic E-state index is 0.200. The molecule has 1 aromatic carbocycles. The molecule has 0 atom stereocenters. The van der Waals surface area contributed by atoms with E-state index in [1.165, 1.54) is 24.0 Å². The van der Waals surface area contributed by atoms with Gasteiger partial charge in [0.15, 0.2) is 5.69 Å². The molecule has 0 saturated carbocycles. The van der Waals surface area contributed by atoms with Crippen LogP contribution in [0.5, 0.6) is 0 Å². The maximum absolute atomic E-state index is 13.4. The van der Waals surface area contributed by atoms with Crippen LogP contribution in [0.25, 0.3) is 5.57 Å². The normalized spacial score (nSPS) is 16.9. The first-order valence-corrected chi connectivity index (χ1v) is 17.0. The van der Waals surface area contributed by atoms with Crippen molar-refractivity contribution in [3.8, 4) is 6.07 Å². The van der Waals surface area contributed by atoms with Gasteiger partial charge in [-0.15, -0.1) is 0 Å². The molecule has 0 unspecified atom stereocenters. The highest BCUT2D eigenvalue weighted by Gasteiger charge is 2.22. The van der Waals surface area contributed by atoms with Gasteiger partial charge in [0, 0.05) is 32.1 Å². The van der Waals surface area contributed by atoms with Crippen LogP contribution in [0.4, 0.5) is 5.69 Å². The molecule has 2 N–H and O–H groups in total. The topological polar surface area (TPSA) is 92.0 Å². The molecule has 1 fully saturated rings. The van der Waals surface area contributed by atoms with Gasteiger partial charge < -0.3 is 19.9 Å². The average molecular weight is 506 g/mol. The fourth-order valence-corrected chi connectivity index (χ4v) is 5.65. The van der Waals surface area contributed by atoms with Crippen molar-refractivity contribution in [2.24, 2.45) is 0 Å². The van der Waals surface area contributed by atoms with E-state index in [0.29, 0.717) is 12.5 Å². The van der Waals surface area contributed by atoms with E-state index >= 15 is 0 Å². The zero-order chi connectivity index (χ0) is 25.5. The summed E-state index contributed by atoms with van der Waals surface area (Å²) < 4.78 is 7.49. The fraction of sp³-hybridized carbons (Fsp3) is 0.536. The molecule has 0 bridgehead atoms. The number of rotatable bonds is 9. The molecule has 1 aliphatic carbocycles. The second-order valence-electron chi connectivity index (χ2n) is 11.1. The van der Waals surface area contributed by atoms with Gasteiger partial charge in [0.1, 0.15) is 12.8 Å². The first kappa shape index (κ1) is 26.3. The number of hydrogen-bond donors (Lipinski definition) is 2.